The Morgan fingerprint density at radius 3 is 2.43 bits per heavy atom. The molecule has 0 fully saturated rings. The van der Waals surface area contributed by atoms with Crippen LogP contribution in [0.1, 0.15) is 31.7 Å². The Labute approximate surface area is 136 Å². The van der Waals surface area contributed by atoms with Crippen LogP contribution in [-0.4, -0.2) is 9.55 Å². The molecule has 23 heavy (non-hydrogen) atoms. The molecule has 0 aliphatic carbocycles. The first-order chi connectivity index (χ1) is 11.3. The van der Waals surface area contributed by atoms with Crippen molar-refractivity contribution >= 4 is 21.9 Å². The number of rotatable bonds is 3. The third kappa shape index (κ3) is 2.22. The molecule has 4 rings (SSSR count). The first-order valence-corrected chi connectivity index (χ1v) is 8.24. The molecule has 2 heteroatoms. The van der Waals surface area contributed by atoms with Crippen molar-refractivity contribution < 1.29 is 0 Å². The highest BCUT2D eigenvalue weighted by Crippen LogP contribution is 2.31. The maximum Gasteiger partial charge on any atom is 0.145 e. The lowest BCUT2D eigenvalue weighted by atomic mass is 9.98. The van der Waals surface area contributed by atoms with Crippen molar-refractivity contribution in [2.45, 2.75) is 26.2 Å². The molecule has 0 N–H and O–H groups in total. The van der Waals surface area contributed by atoms with E-state index in [0.717, 1.165) is 12.1 Å². The fraction of sp³-hybridized carbons (Fsp3) is 0.190. The van der Waals surface area contributed by atoms with Gasteiger partial charge < -0.3 is 0 Å². The molecule has 1 unspecified atom stereocenters. The second-order valence-corrected chi connectivity index (χ2v) is 6.13. The molecule has 2 aromatic carbocycles. The van der Waals surface area contributed by atoms with E-state index in [1.165, 1.54) is 27.5 Å². The minimum absolute atomic E-state index is 0.598. The molecule has 0 saturated carbocycles. The third-order valence-electron chi connectivity index (χ3n) is 4.77. The SMILES string of the molecule is CCC(C)c1ccc(-n2c3ccccc3c3cccnc32)cc1. The smallest absolute Gasteiger partial charge is 0.145 e. The Morgan fingerprint density at radius 2 is 1.65 bits per heavy atom. The van der Waals surface area contributed by atoms with Crippen molar-refractivity contribution in [1.29, 1.82) is 0 Å². The normalized spacial score (nSPS) is 12.8. The van der Waals surface area contributed by atoms with Gasteiger partial charge in [-0.15, -0.1) is 0 Å². The van der Waals surface area contributed by atoms with Crippen LogP contribution in [0.2, 0.25) is 0 Å². The lowest BCUT2D eigenvalue weighted by Crippen LogP contribution is -1.97. The van der Waals surface area contributed by atoms with Gasteiger partial charge in [0, 0.05) is 22.7 Å². The number of hydrogen-bond donors (Lipinski definition) is 0. The average molecular weight is 300 g/mol. The number of para-hydroxylation sites is 1. The molecule has 2 nitrogen and oxygen atoms in total. The minimum Gasteiger partial charge on any atom is -0.294 e. The summed E-state index contributed by atoms with van der Waals surface area (Å²) in [4.78, 5) is 4.63. The van der Waals surface area contributed by atoms with Crippen LogP contribution in [0.15, 0.2) is 66.9 Å². The molecule has 0 spiro atoms. The topological polar surface area (TPSA) is 17.8 Å². The highest BCUT2D eigenvalue weighted by atomic mass is 15.0. The summed E-state index contributed by atoms with van der Waals surface area (Å²) >= 11 is 0. The summed E-state index contributed by atoms with van der Waals surface area (Å²) in [5.74, 6) is 0.598. The second kappa shape index (κ2) is 5.54. The summed E-state index contributed by atoms with van der Waals surface area (Å²) in [6.07, 6.45) is 3.03. The van der Waals surface area contributed by atoms with E-state index in [0.29, 0.717) is 5.92 Å². The van der Waals surface area contributed by atoms with Crippen LogP contribution in [0, 0.1) is 0 Å². The van der Waals surface area contributed by atoms with Gasteiger partial charge in [-0.05, 0) is 48.2 Å². The van der Waals surface area contributed by atoms with Gasteiger partial charge in [0.1, 0.15) is 5.65 Å². The molecule has 4 aromatic rings. The lowest BCUT2D eigenvalue weighted by molar-refractivity contribution is 0.733. The van der Waals surface area contributed by atoms with Crippen molar-refractivity contribution in [1.82, 2.24) is 9.55 Å². The van der Waals surface area contributed by atoms with Crippen LogP contribution in [0.25, 0.3) is 27.6 Å². The molecule has 0 amide bonds. The van der Waals surface area contributed by atoms with Crippen LogP contribution < -0.4 is 0 Å². The second-order valence-electron chi connectivity index (χ2n) is 6.13. The Kier molecular flexibility index (Phi) is 3.38. The fourth-order valence-corrected chi connectivity index (χ4v) is 3.24. The molecule has 1 atom stereocenters. The van der Waals surface area contributed by atoms with Crippen LogP contribution in [0.4, 0.5) is 0 Å². The number of aromatic nitrogens is 2. The van der Waals surface area contributed by atoms with E-state index in [1.54, 1.807) is 0 Å². The molecule has 0 bridgehead atoms. The van der Waals surface area contributed by atoms with Gasteiger partial charge in [-0.25, -0.2) is 4.98 Å². The summed E-state index contributed by atoms with van der Waals surface area (Å²) < 4.78 is 2.26. The highest BCUT2D eigenvalue weighted by molar-refractivity contribution is 6.07. The quantitative estimate of drug-likeness (QED) is 0.475. The van der Waals surface area contributed by atoms with Crippen LogP contribution in [0.5, 0.6) is 0 Å². The van der Waals surface area contributed by atoms with Gasteiger partial charge in [-0.2, -0.15) is 0 Å². The molecule has 0 aliphatic rings. The molecule has 114 valence electrons. The Bertz CT molecular complexity index is 911. The van der Waals surface area contributed by atoms with E-state index in [-0.39, 0.29) is 0 Å². The molecule has 0 saturated heterocycles. The van der Waals surface area contributed by atoms with E-state index in [9.17, 15) is 0 Å². The van der Waals surface area contributed by atoms with Gasteiger partial charge in [-0.1, -0.05) is 44.2 Å². The molecule has 2 heterocycles. The summed E-state index contributed by atoms with van der Waals surface area (Å²) in [7, 11) is 0. The first kappa shape index (κ1) is 14.0. The standard InChI is InChI=1S/C21H20N2/c1-3-15(2)16-10-12-17(13-11-16)23-20-9-5-4-7-18(20)19-8-6-14-22-21(19)23/h4-15H,3H2,1-2H3. The third-order valence-corrected chi connectivity index (χ3v) is 4.77. The van der Waals surface area contributed by atoms with E-state index in [4.69, 9.17) is 0 Å². The van der Waals surface area contributed by atoms with Crippen LogP contribution in [0.3, 0.4) is 0 Å². The van der Waals surface area contributed by atoms with Crippen molar-refractivity contribution in [3.8, 4) is 5.69 Å². The summed E-state index contributed by atoms with van der Waals surface area (Å²) in [6, 6.07) is 21.6. The molecular formula is C21H20N2. The number of hydrogen-bond acceptors (Lipinski definition) is 1. The largest absolute Gasteiger partial charge is 0.294 e. The summed E-state index contributed by atoms with van der Waals surface area (Å²) in [5.41, 5.74) is 4.79. The van der Waals surface area contributed by atoms with E-state index in [1.807, 2.05) is 12.3 Å². The lowest BCUT2D eigenvalue weighted by Gasteiger charge is -2.11. The van der Waals surface area contributed by atoms with E-state index < -0.39 is 0 Å². The van der Waals surface area contributed by atoms with Crippen molar-refractivity contribution in [2.24, 2.45) is 0 Å². The predicted octanol–water partition coefficient (Wildman–Crippen LogP) is 5.69. The number of benzene rings is 2. The van der Waals surface area contributed by atoms with Crippen molar-refractivity contribution in [2.75, 3.05) is 0 Å². The van der Waals surface area contributed by atoms with Gasteiger partial charge in [0.25, 0.3) is 0 Å². The van der Waals surface area contributed by atoms with Gasteiger partial charge >= 0.3 is 0 Å². The van der Waals surface area contributed by atoms with Crippen molar-refractivity contribution in [3.05, 3.63) is 72.4 Å². The number of nitrogens with zero attached hydrogens (tertiary/aromatic N) is 2. The highest BCUT2D eigenvalue weighted by Gasteiger charge is 2.12. The zero-order chi connectivity index (χ0) is 15.8. The molecule has 0 radical (unpaired) electrons. The Morgan fingerprint density at radius 1 is 0.913 bits per heavy atom. The first-order valence-electron chi connectivity index (χ1n) is 8.24. The van der Waals surface area contributed by atoms with Crippen LogP contribution in [-0.2, 0) is 0 Å². The Hall–Kier alpha value is -2.61. The van der Waals surface area contributed by atoms with Crippen molar-refractivity contribution in [3.63, 3.8) is 0 Å². The van der Waals surface area contributed by atoms with Crippen LogP contribution >= 0.6 is 0 Å². The molecule has 2 aromatic heterocycles. The average Bonchev–Trinajstić information content (AvgIpc) is 2.96. The monoisotopic (exact) mass is 300 g/mol. The zero-order valence-corrected chi connectivity index (χ0v) is 13.5. The van der Waals surface area contributed by atoms with E-state index in [2.05, 4.69) is 78.0 Å². The molecule has 0 aliphatic heterocycles. The van der Waals surface area contributed by atoms with E-state index >= 15 is 0 Å². The van der Waals surface area contributed by atoms with Gasteiger partial charge in [0.05, 0.1) is 5.52 Å². The summed E-state index contributed by atoms with van der Waals surface area (Å²) in [6.45, 7) is 4.51. The zero-order valence-electron chi connectivity index (χ0n) is 13.5. The van der Waals surface area contributed by atoms with Gasteiger partial charge in [0.2, 0.25) is 0 Å². The number of pyridine rings is 1. The summed E-state index contributed by atoms with van der Waals surface area (Å²) in [5, 5.41) is 2.45. The maximum atomic E-state index is 4.63. The fourth-order valence-electron chi connectivity index (χ4n) is 3.24. The van der Waals surface area contributed by atoms with Gasteiger partial charge in [-0.3, -0.25) is 4.57 Å². The Balaban J connectivity index is 1.97. The van der Waals surface area contributed by atoms with Gasteiger partial charge in [0.15, 0.2) is 0 Å². The predicted molar refractivity (Wildman–Crippen MR) is 97.3 cm³/mol. The maximum absolute atomic E-state index is 4.63. The minimum atomic E-state index is 0.598. The number of fused-ring (bicyclic) bond motifs is 3. The molecular weight excluding hydrogens is 280 g/mol.